The van der Waals surface area contributed by atoms with Crippen molar-refractivity contribution in [3.63, 3.8) is 0 Å². The van der Waals surface area contributed by atoms with E-state index in [1.165, 1.54) is 30.0 Å². The Labute approximate surface area is 145 Å². The number of fused-ring (bicyclic) bond motifs is 1. The Balaban J connectivity index is 1.68. The molecule has 1 heterocycles. The van der Waals surface area contributed by atoms with Crippen LogP contribution in [0.3, 0.4) is 0 Å². The number of para-hydroxylation sites is 1. The van der Waals surface area contributed by atoms with Crippen molar-refractivity contribution in [3.8, 4) is 0 Å². The van der Waals surface area contributed by atoms with E-state index in [2.05, 4.69) is 5.32 Å². The topological polar surface area (TPSA) is 69.6 Å². The van der Waals surface area contributed by atoms with Crippen LogP contribution in [0, 0.1) is 5.82 Å². The first-order valence-electron chi connectivity index (χ1n) is 8.06. The second-order valence-electron chi connectivity index (χ2n) is 6.05. The fraction of sp³-hybridized carbons (Fsp3) is 0.263. The van der Waals surface area contributed by atoms with Crippen LogP contribution in [0.2, 0.25) is 0 Å². The van der Waals surface area contributed by atoms with Crippen LogP contribution >= 0.6 is 0 Å². The van der Waals surface area contributed by atoms with Gasteiger partial charge in [-0.1, -0.05) is 30.3 Å². The molecule has 0 bridgehead atoms. The van der Waals surface area contributed by atoms with Crippen molar-refractivity contribution < 1.29 is 19.1 Å². The van der Waals surface area contributed by atoms with Gasteiger partial charge in [-0.3, -0.25) is 14.5 Å². The fourth-order valence-electron chi connectivity index (χ4n) is 3.13. The van der Waals surface area contributed by atoms with Gasteiger partial charge in [0.15, 0.2) is 0 Å². The molecule has 3 rings (SSSR count). The molecule has 0 saturated heterocycles. The SMILES string of the molecule is CC(=O)N1c2ccccc2C[C@H]1C(=O)NC[C@@H](O)c1cccc(F)c1. The molecular weight excluding hydrogens is 323 g/mol. The molecule has 2 atom stereocenters. The lowest BCUT2D eigenvalue weighted by atomic mass is 10.1. The van der Waals surface area contributed by atoms with Crippen LogP contribution in [-0.4, -0.2) is 29.5 Å². The number of rotatable bonds is 4. The number of hydrogen-bond donors (Lipinski definition) is 2. The van der Waals surface area contributed by atoms with Crippen LogP contribution < -0.4 is 10.2 Å². The van der Waals surface area contributed by atoms with E-state index < -0.39 is 18.0 Å². The first-order chi connectivity index (χ1) is 12.0. The number of carbonyl (C=O) groups excluding carboxylic acids is 2. The molecule has 25 heavy (non-hydrogen) atoms. The summed E-state index contributed by atoms with van der Waals surface area (Å²) >= 11 is 0. The Hall–Kier alpha value is -2.73. The highest BCUT2D eigenvalue weighted by molar-refractivity contribution is 6.02. The minimum Gasteiger partial charge on any atom is -0.387 e. The number of benzene rings is 2. The number of aliphatic hydroxyl groups is 1. The molecule has 0 aromatic heterocycles. The smallest absolute Gasteiger partial charge is 0.243 e. The molecule has 1 aliphatic rings. The Morgan fingerprint density at radius 3 is 2.76 bits per heavy atom. The average molecular weight is 342 g/mol. The van der Waals surface area contributed by atoms with Crippen molar-refractivity contribution in [1.29, 1.82) is 0 Å². The Kier molecular flexibility index (Phi) is 4.81. The molecule has 0 spiro atoms. The molecule has 1 aliphatic heterocycles. The van der Waals surface area contributed by atoms with Crippen molar-refractivity contribution in [1.82, 2.24) is 5.32 Å². The van der Waals surface area contributed by atoms with E-state index in [1.807, 2.05) is 24.3 Å². The minimum atomic E-state index is -1.02. The third-order valence-electron chi connectivity index (χ3n) is 4.32. The maximum absolute atomic E-state index is 13.2. The first kappa shape index (κ1) is 17.1. The number of anilines is 1. The lowest BCUT2D eigenvalue weighted by Gasteiger charge is -2.24. The molecule has 0 fully saturated rings. The Morgan fingerprint density at radius 1 is 1.28 bits per heavy atom. The van der Waals surface area contributed by atoms with Gasteiger partial charge in [-0.15, -0.1) is 0 Å². The summed E-state index contributed by atoms with van der Waals surface area (Å²) in [7, 11) is 0. The highest BCUT2D eigenvalue weighted by Crippen LogP contribution is 2.32. The van der Waals surface area contributed by atoms with Crippen molar-refractivity contribution in [2.24, 2.45) is 0 Å². The van der Waals surface area contributed by atoms with E-state index in [0.717, 1.165) is 11.3 Å². The van der Waals surface area contributed by atoms with Crippen molar-refractivity contribution >= 4 is 17.5 Å². The van der Waals surface area contributed by atoms with E-state index in [1.54, 1.807) is 6.07 Å². The van der Waals surface area contributed by atoms with Gasteiger partial charge in [0.25, 0.3) is 0 Å². The summed E-state index contributed by atoms with van der Waals surface area (Å²) < 4.78 is 13.2. The van der Waals surface area contributed by atoms with Gasteiger partial charge in [-0.25, -0.2) is 4.39 Å². The molecule has 130 valence electrons. The number of nitrogens with zero attached hydrogens (tertiary/aromatic N) is 1. The Bertz CT molecular complexity index is 809. The minimum absolute atomic E-state index is 0.0547. The van der Waals surface area contributed by atoms with Gasteiger partial charge >= 0.3 is 0 Å². The summed E-state index contributed by atoms with van der Waals surface area (Å²) in [6.07, 6.45) is -0.591. The predicted molar refractivity (Wildman–Crippen MR) is 91.5 cm³/mol. The van der Waals surface area contributed by atoms with Gasteiger partial charge in [0, 0.05) is 25.6 Å². The van der Waals surface area contributed by atoms with Crippen LogP contribution in [0.4, 0.5) is 10.1 Å². The van der Waals surface area contributed by atoms with Gasteiger partial charge in [0.05, 0.1) is 6.10 Å². The average Bonchev–Trinajstić information content (AvgIpc) is 2.99. The zero-order valence-corrected chi connectivity index (χ0v) is 13.8. The number of hydrogen-bond acceptors (Lipinski definition) is 3. The van der Waals surface area contributed by atoms with Gasteiger partial charge in [0.1, 0.15) is 11.9 Å². The monoisotopic (exact) mass is 342 g/mol. The van der Waals surface area contributed by atoms with E-state index >= 15 is 0 Å². The van der Waals surface area contributed by atoms with E-state index in [4.69, 9.17) is 0 Å². The molecule has 2 amide bonds. The van der Waals surface area contributed by atoms with Crippen LogP contribution in [0.25, 0.3) is 0 Å². The summed E-state index contributed by atoms with van der Waals surface area (Å²) in [6, 6.07) is 12.3. The standard InChI is InChI=1S/C19H19FN2O3/c1-12(23)22-16-8-3-2-5-13(16)10-17(22)19(25)21-11-18(24)14-6-4-7-15(20)9-14/h2-9,17-18,24H,10-11H2,1H3,(H,21,25)/t17-,18+/m0/s1. The third kappa shape index (κ3) is 3.53. The summed E-state index contributed by atoms with van der Waals surface area (Å²) in [4.78, 5) is 26.0. The normalized spacial score (nSPS) is 17.1. The lowest BCUT2D eigenvalue weighted by Crippen LogP contribution is -2.48. The molecular formula is C19H19FN2O3. The molecule has 0 unspecified atom stereocenters. The fourth-order valence-corrected chi connectivity index (χ4v) is 3.13. The number of amides is 2. The maximum Gasteiger partial charge on any atom is 0.243 e. The first-order valence-corrected chi connectivity index (χ1v) is 8.06. The van der Waals surface area contributed by atoms with Crippen LogP contribution in [0.5, 0.6) is 0 Å². The third-order valence-corrected chi connectivity index (χ3v) is 4.32. The van der Waals surface area contributed by atoms with Crippen molar-refractivity contribution in [3.05, 3.63) is 65.5 Å². The van der Waals surface area contributed by atoms with Gasteiger partial charge < -0.3 is 10.4 Å². The molecule has 5 nitrogen and oxygen atoms in total. The summed E-state index contributed by atoms with van der Waals surface area (Å²) in [5.74, 6) is -1.01. The molecule has 0 radical (unpaired) electrons. The molecule has 0 aliphatic carbocycles. The zero-order chi connectivity index (χ0) is 18.0. The largest absolute Gasteiger partial charge is 0.387 e. The molecule has 2 aromatic rings. The van der Waals surface area contributed by atoms with Gasteiger partial charge in [-0.05, 0) is 29.3 Å². The second kappa shape index (κ2) is 7.03. The summed E-state index contributed by atoms with van der Waals surface area (Å²) in [5.41, 5.74) is 2.06. The lowest BCUT2D eigenvalue weighted by molar-refractivity contribution is -0.125. The quantitative estimate of drug-likeness (QED) is 0.892. The summed E-state index contributed by atoms with van der Waals surface area (Å²) in [5, 5.41) is 12.8. The maximum atomic E-state index is 13.2. The number of nitrogens with one attached hydrogen (secondary N) is 1. The van der Waals surface area contributed by atoms with Crippen LogP contribution in [0.15, 0.2) is 48.5 Å². The highest BCUT2D eigenvalue weighted by atomic mass is 19.1. The van der Waals surface area contributed by atoms with Crippen LogP contribution in [0.1, 0.15) is 24.2 Å². The second-order valence-corrected chi connectivity index (χ2v) is 6.05. The van der Waals surface area contributed by atoms with Gasteiger partial charge in [-0.2, -0.15) is 0 Å². The Morgan fingerprint density at radius 2 is 2.04 bits per heavy atom. The molecule has 0 saturated carbocycles. The van der Waals surface area contributed by atoms with E-state index in [-0.39, 0.29) is 18.4 Å². The molecule has 6 heteroatoms. The zero-order valence-electron chi connectivity index (χ0n) is 13.8. The van der Waals surface area contributed by atoms with Gasteiger partial charge in [0.2, 0.25) is 11.8 Å². The predicted octanol–water partition coefficient (Wildman–Crippen LogP) is 1.95. The number of carbonyl (C=O) groups is 2. The molecule has 2 N–H and O–H groups in total. The van der Waals surface area contributed by atoms with E-state index in [9.17, 15) is 19.1 Å². The van der Waals surface area contributed by atoms with E-state index in [0.29, 0.717) is 12.0 Å². The highest BCUT2D eigenvalue weighted by Gasteiger charge is 2.36. The summed E-state index contributed by atoms with van der Waals surface area (Å²) in [6.45, 7) is 1.37. The van der Waals surface area contributed by atoms with Crippen molar-refractivity contribution in [2.45, 2.75) is 25.5 Å². The number of aliphatic hydroxyl groups excluding tert-OH is 1. The van der Waals surface area contributed by atoms with Crippen molar-refractivity contribution in [2.75, 3.05) is 11.4 Å². The number of halogens is 1. The van der Waals surface area contributed by atoms with Crippen LogP contribution in [-0.2, 0) is 16.0 Å². The molecule has 2 aromatic carbocycles.